The summed E-state index contributed by atoms with van der Waals surface area (Å²) < 4.78 is 0. The van der Waals surface area contributed by atoms with E-state index >= 15 is 0 Å². The molecule has 142 valence electrons. The summed E-state index contributed by atoms with van der Waals surface area (Å²) in [5.74, 6) is -0.762. The number of nitrogens with one attached hydrogen (secondary N) is 1. The number of benzene rings is 1. The summed E-state index contributed by atoms with van der Waals surface area (Å²) in [5.41, 5.74) is 3.78. The second-order valence-electron chi connectivity index (χ2n) is 7.33. The highest BCUT2D eigenvalue weighted by Crippen LogP contribution is 2.33. The first-order valence-corrected chi connectivity index (χ1v) is 11.4. The van der Waals surface area contributed by atoms with Crippen LogP contribution in [0.25, 0.3) is 0 Å². The fraction of sp³-hybridized carbons (Fsp3) is 0.273. The first kappa shape index (κ1) is 17.8. The molecule has 1 N–H and O–H groups in total. The van der Waals surface area contributed by atoms with Crippen molar-refractivity contribution in [2.75, 3.05) is 18.1 Å². The number of thiophene rings is 2. The standard InChI is InChI=1S/C22H20N2O2S2/c1-2-14-5-6-17-16(12-14)21(25)22(26)24(17)13-23-9-7-18-15(8-11-28-18)20(23)19-4-3-10-27-19/h3-6,8,10-12,20H,2,7,9,13H2,1H3/p+1/t20-/m0/s1. The van der Waals surface area contributed by atoms with Crippen LogP contribution in [0.1, 0.15) is 44.2 Å². The van der Waals surface area contributed by atoms with Gasteiger partial charge < -0.3 is 4.90 Å². The predicted octanol–water partition coefficient (Wildman–Crippen LogP) is 3.09. The van der Waals surface area contributed by atoms with E-state index in [4.69, 9.17) is 0 Å². The SMILES string of the molecule is CCc1ccc2c(c1)C(=O)C(=O)N2C[NH+]1CCc2sccc2[C@H]1c1cccs1. The Morgan fingerprint density at radius 3 is 2.82 bits per heavy atom. The highest BCUT2D eigenvalue weighted by atomic mass is 32.1. The second kappa shape index (κ2) is 6.95. The van der Waals surface area contributed by atoms with E-state index in [1.165, 1.54) is 20.2 Å². The highest BCUT2D eigenvalue weighted by Gasteiger charge is 2.41. The molecule has 0 saturated heterocycles. The van der Waals surface area contributed by atoms with Crippen molar-refractivity contribution in [3.05, 3.63) is 73.6 Å². The minimum Gasteiger partial charge on any atom is -0.306 e. The molecule has 1 unspecified atom stereocenters. The summed E-state index contributed by atoms with van der Waals surface area (Å²) in [6.45, 7) is 3.53. The topological polar surface area (TPSA) is 41.8 Å². The molecule has 6 heteroatoms. The number of carbonyl (C=O) groups excluding carboxylic acids is 2. The van der Waals surface area contributed by atoms with Crippen LogP contribution in [0.3, 0.4) is 0 Å². The Hall–Kier alpha value is -2.28. The van der Waals surface area contributed by atoms with Crippen molar-refractivity contribution in [2.24, 2.45) is 0 Å². The van der Waals surface area contributed by atoms with Gasteiger partial charge in [-0.15, -0.1) is 22.7 Å². The molecule has 2 aliphatic heterocycles. The van der Waals surface area contributed by atoms with Crippen LogP contribution in [-0.4, -0.2) is 24.9 Å². The van der Waals surface area contributed by atoms with Gasteiger partial charge in [0.05, 0.1) is 22.7 Å². The number of aryl methyl sites for hydroxylation is 1. The van der Waals surface area contributed by atoms with Crippen molar-refractivity contribution in [2.45, 2.75) is 25.8 Å². The lowest BCUT2D eigenvalue weighted by molar-refractivity contribution is -0.926. The number of hydrogen-bond acceptors (Lipinski definition) is 4. The van der Waals surface area contributed by atoms with Gasteiger partial charge in [0.25, 0.3) is 5.78 Å². The number of quaternary nitrogens is 1. The number of Topliss-reactive ketones (excluding diaryl/α,β-unsaturated/α-hetero) is 1. The van der Waals surface area contributed by atoms with Crippen LogP contribution in [0.4, 0.5) is 5.69 Å². The maximum atomic E-state index is 12.8. The Morgan fingerprint density at radius 2 is 2.04 bits per heavy atom. The fourth-order valence-corrected chi connectivity index (χ4v) is 6.18. The lowest BCUT2D eigenvalue weighted by atomic mass is 9.99. The van der Waals surface area contributed by atoms with Gasteiger partial charge >= 0.3 is 5.91 Å². The Balaban J connectivity index is 1.51. The summed E-state index contributed by atoms with van der Waals surface area (Å²) >= 11 is 3.58. The smallest absolute Gasteiger partial charge is 0.303 e. The van der Waals surface area contributed by atoms with Crippen LogP contribution in [0, 0.1) is 0 Å². The van der Waals surface area contributed by atoms with E-state index in [0.717, 1.165) is 30.6 Å². The first-order chi connectivity index (χ1) is 13.7. The van der Waals surface area contributed by atoms with Crippen LogP contribution in [0.5, 0.6) is 0 Å². The average molecular weight is 410 g/mol. The molecule has 5 rings (SSSR count). The molecule has 1 aromatic carbocycles. The lowest BCUT2D eigenvalue weighted by Gasteiger charge is -2.34. The van der Waals surface area contributed by atoms with Gasteiger partial charge in [0.15, 0.2) is 12.7 Å². The van der Waals surface area contributed by atoms with Gasteiger partial charge in [0.2, 0.25) is 0 Å². The van der Waals surface area contributed by atoms with Crippen molar-refractivity contribution in [3.8, 4) is 0 Å². The number of hydrogen-bond donors (Lipinski definition) is 1. The molecule has 0 bridgehead atoms. The predicted molar refractivity (Wildman–Crippen MR) is 113 cm³/mol. The zero-order valence-electron chi connectivity index (χ0n) is 15.6. The minimum atomic E-state index is -0.392. The van der Waals surface area contributed by atoms with E-state index in [1.807, 2.05) is 29.5 Å². The zero-order valence-corrected chi connectivity index (χ0v) is 17.2. The van der Waals surface area contributed by atoms with Gasteiger partial charge in [-0.2, -0.15) is 0 Å². The molecule has 1 amide bonds. The van der Waals surface area contributed by atoms with Gasteiger partial charge in [-0.3, -0.25) is 14.5 Å². The number of rotatable bonds is 4. The van der Waals surface area contributed by atoms with E-state index in [1.54, 1.807) is 16.2 Å². The Morgan fingerprint density at radius 1 is 1.14 bits per heavy atom. The second-order valence-corrected chi connectivity index (χ2v) is 9.31. The molecular formula is C22H21N2O2S2+. The summed E-state index contributed by atoms with van der Waals surface area (Å²) in [7, 11) is 0. The van der Waals surface area contributed by atoms with Gasteiger partial charge in [-0.25, -0.2) is 0 Å². The molecule has 2 aromatic heterocycles. The molecule has 0 radical (unpaired) electrons. The van der Waals surface area contributed by atoms with Crippen molar-refractivity contribution in [1.82, 2.24) is 0 Å². The quantitative estimate of drug-likeness (QED) is 0.673. The lowest BCUT2D eigenvalue weighted by Crippen LogP contribution is -3.15. The molecule has 0 aliphatic carbocycles. The number of nitrogens with zero attached hydrogens (tertiary/aromatic N) is 1. The number of ketones is 1. The number of anilines is 1. The summed E-state index contributed by atoms with van der Waals surface area (Å²) in [4.78, 5) is 31.2. The first-order valence-electron chi connectivity index (χ1n) is 9.60. The monoisotopic (exact) mass is 409 g/mol. The van der Waals surface area contributed by atoms with Crippen LogP contribution in [-0.2, 0) is 17.6 Å². The van der Waals surface area contributed by atoms with E-state index in [-0.39, 0.29) is 11.8 Å². The van der Waals surface area contributed by atoms with E-state index in [0.29, 0.717) is 12.2 Å². The molecule has 2 atom stereocenters. The third-order valence-corrected chi connectivity index (χ3v) is 7.74. The van der Waals surface area contributed by atoms with Gasteiger partial charge in [0, 0.05) is 16.9 Å². The van der Waals surface area contributed by atoms with Crippen molar-refractivity contribution in [3.63, 3.8) is 0 Å². The summed E-state index contributed by atoms with van der Waals surface area (Å²) in [6.07, 6.45) is 1.87. The number of amides is 1. The molecule has 2 aliphatic rings. The van der Waals surface area contributed by atoms with Gasteiger partial charge in [-0.05, 0) is 47.0 Å². The normalized spacial score (nSPS) is 21.1. The largest absolute Gasteiger partial charge is 0.306 e. The minimum absolute atomic E-state index is 0.219. The van der Waals surface area contributed by atoms with Gasteiger partial charge in [-0.1, -0.05) is 19.1 Å². The molecule has 28 heavy (non-hydrogen) atoms. The fourth-order valence-electron chi connectivity index (χ4n) is 4.36. The average Bonchev–Trinajstić information content (AvgIpc) is 3.45. The third-order valence-electron chi connectivity index (χ3n) is 5.81. The van der Waals surface area contributed by atoms with Crippen LogP contribution >= 0.6 is 22.7 Å². The summed E-state index contributed by atoms with van der Waals surface area (Å²) in [6, 6.07) is 12.6. The molecule has 0 fully saturated rings. The van der Waals surface area contributed by atoms with E-state index < -0.39 is 5.91 Å². The Bertz CT molecular complexity index is 1050. The van der Waals surface area contributed by atoms with E-state index in [2.05, 4.69) is 35.9 Å². The van der Waals surface area contributed by atoms with Crippen LogP contribution in [0.15, 0.2) is 47.2 Å². The molecular weight excluding hydrogens is 388 g/mol. The molecule has 0 saturated carbocycles. The van der Waals surface area contributed by atoms with Crippen molar-refractivity contribution >= 4 is 40.1 Å². The number of fused-ring (bicyclic) bond motifs is 2. The van der Waals surface area contributed by atoms with Crippen molar-refractivity contribution in [1.29, 1.82) is 0 Å². The Kier molecular flexibility index (Phi) is 4.42. The third kappa shape index (κ3) is 2.75. The molecule has 4 nitrogen and oxygen atoms in total. The summed E-state index contributed by atoms with van der Waals surface area (Å²) in [5, 5.41) is 4.28. The number of carbonyl (C=O) groups is 2. The maximum absolute atomic E-state index is 12.8. The van der Waals surface area contributed by atoms with E-state index in [9.17, 15) is 9.59 Å². The highest BCUT2D eigenvalue weighted by molar-refractivity contribution is 7.10. The van der Waals surface area contributed by atoms with Crippen LogP contribution in [0.2, 0.25) is 0 Å². The Labute approximate surface area is 172 Å². The molecule has 4 heterocycles. The van der Waals surface area contributed by atoms with Gasteiger partial charge in [0.1, 0.15) is 0 Å². The maximum Gasteiger partial charge on any atom is 0.303 e. The van der Waals surface area contributed by atoms with Crippen molar-refractivity contribution < 1.29 is 14.5 Å². The van der Waals surface area contributed by atoms with Crippen LogP contribution < -0.4 is 9.80 Å². The molecule has 3 aromatic rings. The molecule has 0 spiro atoms. The zero-order chi connectivity index (χ0) is 19.3.